The Morgan fingerprint density at radius 1 is 1.15 bits per heavy atom. The van der Waals surface area contributed by atoms with Crippen molar-refractivity contribution < 1.29 is 17.9 Å². The Kier molecular flexibility index (Phi) is 6.26. The monoisotopic (exact) mass is 376 g/mol. The predicted molar refractivity (Wildman–Crippen MR) is 104 cm³/mol. The van der Waals surface area contributed by atoms with Crippen molar-refractivity contribution in [3.05, 3.63) is 53.6 Å². The lowest BCUT2D eigenvalue weighted by Gasteiger charge is -2.17. The molecule has 7 heteroatoms. The average Bonchev–Trinajstić information content (AvgIpc) is 2.60. The summed E-state index contributed by atoms with van der Waals surface area (Å²) in [6.07, 6.45) is 1.96. The third kappa shape index (κ3) is 4.98. The van der Waals surface area contributed by atoms with Gasteiger partial charge in [0.15, 0.2) is 6.61 Å². The third-order valence-corrected chi connectivity index (χ3v) is 5.28. The Morgan fingerprint density at radius 3 is 2.38 bits per heavy atom. The van der Waals surface area contributed by atoms with E-state index >= 15 is 0 Å². The number of anilines is 2. The van der Waals surface area contributed by atoms with Gasteiger partial charge in [0.1, 0.15) is 5.75 Å². The van der Waals surface area contributed by atoms with E-state index in [2.05, 4.69) is 5.32 Å². The molecule has 0 heterocycles. The van der Waals surface area contributed by atoms with Gasteiger partial charge in [-0.1, -0.05) is 25.1 Å². The molecule has 2 aromatic rings. The summed E-state index contributed by atoms with van der Waals surface area (Å²) >= 11 is 0. The molecule has 2 aromatic carbocycles. The van der Waals surface area contributed by atoms with E-state index in [1.54, 1.807) is 24.3 Å². The molecule has 0 saturated heterocycles. The van der Waals surface area contributed by atoms with E-state index in [-0.39, 0.29) is 12.5 Å². The highest BCUT2D eigenvalue weighted by Crippen LogP contribution is 2.22. The Bertz CT molecular complexity index is 877. The number of para-hydroxylation sites is 1. The average molecular weight is 376 g/mol. The van der Waals surface area contributed by atoms with Crippen molar-refractivity contribution in [2.24, 2.45) is 0 Å². The number of amides is 1. The first-order chi connectivity index (χ1) is 12.2. The molecule has 0 spiro atoms. The summed E-state index contributed by atoms with van der Waals surface area (Å²) in [4.78, 5) is 12.2. The summed E-state index contributed by atoms with van der Waals surface area (Å²) in [7, 11) is -1.83. The van der Waals surface area contributed by atoms with Gasteiger partial charge in [-0.2, -0.15) is 0 Å². The van der Waals surface area contributed by atoms with Crippen molar-refractivity contribution in [1.29, 1.82) is 0 Å². The van der Waals surface area contributed by atoms with Gasteiger partial charge in [0, 0.05) is 12.7 Å². The first kappa shape index (κ1) is 19.8. The van der Waals surface area contributed by atoms with Crippen LogP contribution in [0.3, 0.4) is 0 Å². The number of hydrogen-bond donors (Lipinski definition) is 1. The number of rotatable bonds is 7. The Labute approximate surface area is 154 Å². The summed E-state index contributed by atoms with van der Waals surface area (Å²) in [5.41, 5.74) is 3.43. The Balaban J connectivity index is 1.98. The van der Waals surface area contributed by atoms with E-state index in [0.717, 1.165) is 29.5 Å². The smallest absolute Gasteiger partial charge is 0.262 e. The van der Waals surface area contributed by atoms with E-state index in [1.165, 1.54) is 11.4 Å². The lowest BCUT2D eigenvalue weighted by molar-refractivity contribution is -0.118. The fraction of sp³-hybridized carbons (Fsp3) is 0.316. The van der Waals surface area contributed by atoms with Crippen molar-refractivity contribution in [3.63, 3.8) is 0 Å². The summed E-state index contributed by atoms with van der Waals surface area (Å²) in [5, 5.41) is 2.90. The zero-order chi connectivity index (χ0) is 19.3. The highest BCUT2D eigenvalue weighted by atomic mass is 32.2. The van der Waals surface area contributed by atoms with Gasteiger partial charge in [0.25, 0.3) is 5.91 Å². The van der Waals surface area contributed by atoms with Crippen LogP contribution in [0.5, 0.6) is 5.75 Å². The number of hydrogen-bond acceptors (Lipinski definition) is 4. The molecule has 0 atom stereocenters. The van der Waals surface area contributed by atoms with Gasteiger partial charge in [-0.3, -0.25) is 9.10 Å². The normalized spacial score (nSPS) is 11.1. The molecule has 0 bridgehead atoms. The molecule has 0 saturated carbocycles. The van der Waals surface area contributed by atoms with Crippen LogP contribution in [-0.2, 0) is 21.2 Å². The topological polar surface area (TPSA) is 75.7 Å². The van der Waals surface area contributed by atoms with Crippen molar-refractivity contribution in [2.75, 3.05) is 29.5 Å². The summed E-state index contributed by atoms with van der Waals surface area (Å²) in [6, 6.07) is 12.4. The van der Waals surface area contributed by atoms with Gasteiger partial charge >= 0.3 is 0 Å². The maximum atomic E-state index is 12.2. The van der Waals surface area contributed by atoms with E-state index < -0.39 is 10.0 Å². The fourth-order valence-electron chi connectivity index (χ4n) is 2.47. The number of benzene rings is 2. The van der Waals surface area contributed by atoms with Crippen LogP contribution in [0.2, 0.25) is 0 Å². The number of carbonyl (C=O) groups is 1. The molecule has 0 radical (unpaired) electrons. The molecule has 1 amide bonds. The van der Waals surface area contributed by atoms with Crippen LogP contribution >= 0.6 is 0 Å². The zero-order valence-electron chi connectivity index (χ0n) is 15.4. The molecule has 1 N–H and O–H groups in total. The maximum Gasteiger partial charge on any atom is 0.262 e. The van der Waals surface area contributed by atoms with E-state index in [4.69, 9.17) is 4.74 Å². The van der Waals surface area contributed by atoms with Crippen LogP contribution in [0.1, 0.15) is 18.1 Å². The van der Waals surface area contributed by atoms with Crippen molar-refractivity contribution in [3.8, 4) is 5.75 Å². The highest BCUT2D eigenvalue weighted by Gasteiger charge is 2.12. The van der Waals surface area contributed by atoms with Crippen LogP contribution in [0.4, 0.5) is 11.4 Å². The summed E-state index contributed by atoms with van der Waals surface area (Å²) < 4.78 is 29.7. The second-order valence-electron chi connectivity index (χ2n) is 6.02. The largest absolute Gasteiger partial charge is 0.484 e. The molecule has 0 aromatic heterocycles. The zero-order valence-corrected chi connectivity index (χ0v) is 16.3. The van der Waals surface area contributed by atoms with Crippen molar-refractivity contribution >= 4 is 27.3 Å². The lowest BCUT2D eigenvalue weighted by atomic mass is 10.1. The highest BCUT2D eigenvalue weighted by molar-refractivity contribution is 7.92. The number of carbonyl (C=O) groups excluding carboxylic acids is 1. The molecular formula is C19H24N2O4S. The second-order valence-corrected chi connectivity index (χ2v) is 8.04. The molecule has 0 aliphatic heterocycles. The number of sulfonamides is 1. The standard InChI is InChI=1S/C19H24N2O4S/c1-5-15-8-6-7-14(2)19(15)20-18(22)13-25-17-11-9-16(10-12-17)21(3)26(4,23)24/h6-12H,5,13H2,1-4H3,(H,20,22). The first-order valence-corrected chi connectivity index (χ1v) is 10.1. The third-order valence-electron chi connectivity index (χ3n) is 4.07. The van der Waals surface area contributed by atoms with Gasteiger partial charge in [0.05, 0.1) is 11.9 Å². The van der Waals surface area contributed by atoms with Crippen molar-refractivity contribution in [1.82, 2.24) is 0 Å². The van der Waals surface area contributed by atoms with Crippen LogP contribution in [-0.4, -0.2) is 34.2 Å². The van der Waals surface area contributed by atoms with E-state index in [0.29, 0.717) is 11.4 Å². The number of nitrogens with one attached hydrogen (secondary N) is 1. The van der Waals surface area contributed by atoms with Crippen LogP contribution in [0, 0.1) is 6.92 Å². The minimum Gasteiger partial charge on any atom is -0.484 e. The van der Waals surface area contributed by atoms with Gasteiger partial charge in [-0.25, -0.2) is 8.42 Å². The molecule has 6 nitrogen and oxygen atoms in total. The Morgan fingerprint density at radius 2 is 1.81 bits per heavy atom. The van der Waals surface area contributed by atoms with Gasteiger partial charge < -0.3 is 10.1 Å². The quantitative estimate of drug-likeness (QED) is 0.806. The van der Waals surface area contributed by atoms with Gasteiger partial charge in [0.2, 0.25) is 10.0 Å². The molecule has 2 rings (SSSR count). The van der Waals surface area contributed by atoms with E-state index in [9.17, 15) is 13.2 Å². The number of nitrogens with zero attached hydrogens (tertiary/aromatic N) is 1. The molecule has 0 aliphatic rings. The minimum absolute atomic E-state index is 0.126. The molecule has 140 valence electrons. The van der Waals surface area contributed by atoms with Crippen LogP contribution in [0.25, 0.3) is 0 Å². The molecule has 0 aliphatic carbocycles. The molecule has 26 heavy (non-hydrogen) atoms. The number of aryl methyl sites for hydroxylation is 2. The summed E-state index contributed by atoms with van der Waals surface area (Å²) in [6.45, 7) is 3.86. The second kappa shape index (κ2) is 8.23. The molecule has 0 unspecified atom stereocenters. The minimum atomic E-state index is -3.31. The van der Waals surface area contributed by atoms with Crippen LogP contribution < -0.4 is 14.4 Å². The van der Waals surface area contributed by atoms with Crippen LogP contribution in [0.15, 0.2) is 42.5 Å². The first-order valence-electron chi connectivity index (χ1n) is 8.27. The SMILES string of the molecule is CCc1cccc(C)c1NC(=O)COc1ccc(N(C)S(C)(=O)=O)cc1. The molecular weight excluding hydrogens is 352 g/mol. The van der Waals surface area contributed by atoms with E-state index in [1.807, 2.05) is 32.0 Å². The Hall–Kier alpha value is -2.54. The fourth-order valence-corrected chi connectivity index (χ4v) is 2.97. The van der Waals surface area contributed by atoms with Gasteiger partial charge in [-0.15, -0.1) is 0 Å². The molecule has 0 fully saturated rings. The summed E-state index contributed by atoms with van der Waals surface area (Å²) in [5.74, 6) is 0.248. The maximum absolute atomic E-state index is 12.2. The van der Waals surface area contributed by atoms with Crippen molar-refractivity contribution in [2.45, 2.75) is 20.3 Å². The van der Waals surface area contributed by atoms with Gasteiger partial charge in [-0.05, 0) is 48.7 Å². The lowest BCUT2D eigenvalue weighted by Crippen LogP contribution is -2.24. The number of ether oxygens (including phenoxy) is 1. The predicted octanol–water partition coefficient (Wildman–Crippen LogP) is 2.97.